The van der Waals surface area contributed by atoms with Crippen LogP contribution < -0.4 is 0 Å². The number of Topliss-reactive ketones (excluding diaryl/α,β-unsaturated/α-hetero) is 1. The van der Waals surface area contributed by atoms with Gasteiger partial charge in [0.05, 0.1) is 12.5 Å². The van der Waals surface area contributed by atoms with Gasteiger partial charge in [0.25, 0.3) is 0 Å². The van der Waals surface area contributed by atoms with Crippen LogP contribution in [0.25, 0.3) is 0 Å². The summed E-state index contributed by atoms with van der Waals surface area (Å²) in [5.41, 5.74) is 1.26. The molecule has 0 amide bonds. The van der Waals surface area contributed by atoms with E-state index in [4.69, 9.17) is 4.42 Å². The minimum Gasteiger partial charge on any atom is -0.472 e. The summed E-state index contributed by atoms with van der Waals surface area (Å²) in [4.78, 5) is 11.6. The number of hydrogen-bond acceptors (Lipinski definition) is 2. The van der Waals surface area contributed by atoms with E-state index < -0.39 is 0 Å². The number of carbonyl (C=O) groups is 1. The van der Waals surface area contributed by atoms with E-state index in [1.54, 1.807) is 12.5 Å². The lowest BCUT2D eigenvalue weighted by molar-refractivity contribution is -0.120. The maximum absolute atomic E-state index is 11.6. The lowest BCUT2D eigenvalue weighted by atomic mass is 9.94. The number of aryl methyl sites for hydroxylation is 1. The van der Waals surface area contributed by atoms with E-state index in [2.05, 4.69) is 20.8 Å². The molecule has 0 aromatic carbocycles. The standard InChI is InChI=1S/C15H24O2/c1-12(2)9-15(16)10-13(3)5-4-6-14-7-8-17-11-14/h7-8,11-13H,4-6,9-10H2,1-3H3. The molecule has 0 aliphatic rings. The Kier molecular flexibility index (Phi) is 6.03. The Balaban J connectivity index is 2.12. The van der Waals surface area contributed by atoms with E-state index in [1.807, 2.05) is 6.07 Å². The van der Waals surface area contributed by atoms with Crippen molar-refractivity contribution in [2.45, 2.75) is 52.9 Å². The smallest absolute Gasteiger partial charge is 0.133 e. The first-order valence-electron chi connectivity index (χ1n) is 6.60. The van der Waals surface area contributed by atoms with E-state index in [0.717, 1.165) is 32.1 Å². The molecule has 0 aliphatic carbocycles. The molecule has 1 aromatic rings. The van der Waals surface area contributed by atoms with Crippen molar-refractivity contribution in [3.8, 4) is 0 Å². The molecule has 1 rings (SSSR count). The molecule has 2 heteroatoms. The molecule has 0 fully saturated rings. The van der Waals surface area contributed by atoms with Crippen molar-refractivity contribution in [3.05, 3.63) is 24.2 Å². The lowest BCUT2D eigenvalue weighted by Crippen LogP contribution is -2.08. The van der Waals surface area contributed by atoms with Crippen LogP contribution in [0.2, 0.25) is 0 Å². The fourth-order valence-corrected chi connectivity index (χ4v) is 2.12. The molecule has 17 heavy (non-hydrogen) atoms. The molecule has 0 radical (unpaired) electrons. The van der Waals surface area contributed by atoms with Crippen LogP contribution in [-0.4, -0.2) is 5.78 Å². The van der Waals surface area contributed by atoms with Crippen molar-refractivity contribution < 1.29 is 9.21 Å². The molecule has 0 saturated carbocycles. The second-order valence-electron chi connectivity index (χ2n) is 5.47. The van der Waals surface area contributed by atoms with Crippen molar-refractivity contribution in [1.82, 2.24) is 0 Å². The maximum Gasteiger partial charge on any atom is 0.133 e. The largest absolute Gasteiger partial charge is 0.472 e. The Hall–Kier alpha value is -1.05. The average molecular weight is 236 g/mol. The number of furan rings is 1. The predicted molar refractivity (Wildman–Crippen MR) is 69.9 cm³/mol. The third-order valence-corrected chi connectivity index (χ3v) is 2.95. The van der Waals surface area contributed by atoms with Crippen LogP contribution >= 0.6 is 0 Å². The molecular formula is C15H24O2. The zero-order chi connectivity index (χ0) is 12.7. The fourth-order valence-electron chi connectivity index (χ4n) is 2.12. The summed E-state index contributed by atoms with van der Waals surface area (Å²) in [5.74, 6) is 1.41. The minimum absolute atomic E-state index is 0.413. The molecular weight excluding hydrogens is 212 g/mol. The zero-order valence-electron chi connectivity index (χ0n) is 11.2. The summed E-state index contributed by atoms with van der Waals surface area (Å²) >= 11 is 0. The van der Waals surface area contributed by atoms with Gasteiger partial charge in [-0.25, -0.2) is 0 Å². The van der Waals surface area contributed by atoms with Crippen LogP contribution in [0.15, 0.2) is 23.0 Å². The Morgan fingerprint density at radius 1 is 1.29 bits per heavy atom. The summed E-state index contributed by atoms with van der Waals surface area (Å²) < 4.78 is 5.03. The Bertz CT molecular complexity index is 312. The first kappa shape index (κ1) is 14.0. The summed E-state index contributed by atoms with van der Waals surface area (Å²) in [6.07, 6.45) is 8.29. The predicted octanol–water partition coefficient (Wildman–Crippen LogP) is 4.24. The van der Waals surface area contributed by atoms with Crippen molar-refractivity contribution in [2.75, 3.05) is 0 Å². The van der Waals surface area contributed by atoms with Crippen molar-refractivity contribution in [2.24, 2.45) is 11.8 Å². The van der Waals surface area contributed by atoms with Gasteiger partial charge in [-0.2, -0.15) is 0 Å². The molecule has 1 atom stereocenters. The van der Waals surface area contributed by atoms with Gasteiger partial charge in [-0.05, 0) is 42.7 Å². The normalized spacial score (nSPS) is 12.9. The third-order valence-electron chi connectivity index (χ3n) is 2.95. The molecule has 1 heterocycles. The van der Waals surface area contributed by atoms with Crippen molar-refractivity contribution >= 4 is 5.78 Å². The van der Waals surface area contributed by atoms with Crippen LogP contribution in [0.4, 0.5) is 0 Å². The molecule has 0 saturated heterocycles. The second kappa shape index (κ2) is 7.31. The summed E-state index contributed by atoms with van der Waals surface area (Å²) in [6.45, 7) is 6.37. The van der Waals surface area contributed by atoms with Gasteiger partial charge < -0.3 is 4.42 Å². The van der Waals surface area contributed by atoms with Crippen LogP contribution in [-0.2, 0) is 11.2 Å². The molecule has 0 aliphatic heterocycles. The molecule has 0 bridgehead atoms. The summed E-state index contributed by atoms with van der Waals surface area (Å²) in [7, 11) is 0. The summed E-state index contributed by atoms with van der Waals surface area (Å²) in [6, 6.07) is 2.01. The quantitative estimate of drug-likeness (QED) is 0.675. The monoisotopic (exact) mass is 236 g/mol. The Morgan fingerprint density at radius 2 is 2.06 bits per heavy atom. The molecule has 1 aromatic heterocycles. The van der Waals surface area contributed by atoms with Crippen molar-refractivity contribution in [1.29, 1.82) is 0 Å². The van der Waals surface area contributed by atoms with Crippen LogP contribution in [0, 0.1) is 11.8 Å². The fraction of sp³-hybridized carbons (Fsp3) is 0.667. The number of hydrogen-bond donors (Lipinski definition) is 0. The molecule has 0 N–H and O–H groups in total. The van der Waals surface area contributed by atoms with E-state index in [0.29, 0.717) is 17.6 Å². The topological polar surface area (TPSA) is 30.2 Å². The van der Waals surface area contributed by atoms with Gasteiger partial charge in [0.1, 0.15) is 5.78 Å². The lowest BCUT2D eigenvalue weighted by Gasteiger charge is -2.11. The highest BCUT2D eigenvalue weighted by atomic mass is 16.3. The van der Waals surface area contributed by atoms with Gasteiger partial charge >= 0.3 is 0 Å². The van der Waals surface area contributed by atoms with Gasteiger partial charge in [-0.15, -0.1) is 0 Å². The van der Waals surface area contributed by atoms with E-state index in [9.17, 15) is 4.79 Å². The zero-order valence-corrected chi connectivity index (χ0v) is 11.2. The highest BCUT2D eigenvalue weighted by molar-refractivity contribution is 5.78. The minimum atomic E-state index is 0.413. The number of carbonyl (C=O) groups excluding carboxylic acids is 1. The molecule has 0 spiro atoms. The summed E-state index contributed by atoms with van der Waals surface area (Å²) in [5, 5.41) is 0. The SMILES string of the molecule is CC(C)CC(=O)CC(C)CCCc1ccoc1. The van der Waals surface area contributed by atoms with Gasteiger partial charge in [0.15, 0.2) is 0 Å². The van der Waals surface area contributed by atoms with Gasteiger partial charge in [-0.3, -0.25) is 4.79 Å². The molecule has 96 valence electrons. The highest BCUT2D eigenvalue weighted by Gasteiger charge is 2.10. The van der Waals surface area contributed by atoms with Gasteiger partial charge in [0.2, 0.25) is 0 Å². The van der Waals surface area contributed by atoms with E-state index in [-0.39, 0.29) is 0 Å². The van der Waals surface area contributed by atoms with Gasteiger partial charge in [0, 0.05) is 12.8 Å². The molecule has 1 unspecified atom stereocenters. The van der Waals surface area contributed by atoms with Crippen molar-refractivity contribution in [3.63, 3.8) is 0 Å². The average Bonchev–Trinajstić information content (AvgIpc) is 2.68. The van der Waals surface area contributed by atoms with Gasteiger partial charge in [-0.1, -0.05) is 20.8 Å². The van der Waals surface area contributed by atoms with Crippen LogP contribution in [0.1, 0.15) is 52.0 Å². The van der Waals surface area contributed by atoms with Crippen LogP contribution in [0.3, 0.4) is 0 Å². The molecule has 2 nitrogen and oxygen atoms in total. The Labute approximate surface area is 104 Å². The number of ketones is 1. The first-order valence-corrected chi connectivity index (χ1v) is 6.60. The second-order valence-corrected chi connectivity index (χ2v) is 5.47. The third kappa shape index (κ3) is 6.30. The van der Waals surface area contributed by atoms with E-state index in [1.165, 1.54) is 5.56 Å². The first-order chi connectivity index (χ1) is 8.08. The highest BCUT2D eigenvalue weighted by Crippen LogP contribution is 2.16. The van der Waals surface area contributed by atoms with Crippen LogP contribution in [0.5, 0.6) is 0 Å². The van der Waals surface area contributed by atoms with E-state index >= 15 is 0 Å². The Morgan fingerprint density at radius 3 is 2.65 bits per heavy atom. The maximum atomic E-state index is 11.6. The number of rotatable bonds is 8.